The average molecular weight is 555 g/mol. The molecule has 0 bridgehead atoms. The number of amides is 2. The van der Waals surface area contributed by atoms with Gasteiger partial charge in [0, 0.05) is 30.2 Å². The van der Waals surface area contributed by atoms with Gasteiger partial charge >= 0.3 is 11.9 Å². The largest absolute Gasteiger partial charge is 0.461 e. The van der Waals surface area contributed by atoms with Gasteiger partial charge in [-0.15, -0.1) is 23.1 Å². The third-order valence-corrected chi connectivity index (χ3v) is 7.69. The van der Waals surface area contributed by atoms with Crippen LogP contribution in [-0.2, 0) is 33.5 Å². The fourth-order valence-corrected chi connectivity index (χ4v) is 5.62. The van der Waals surface area contributed by atoms with Crippen LogP contribution < -0.4 is 11.1 Å². The van der Waals surface area contributed by atoms with Crippen LogP contribution in [0.15, 0.2) is 21.8 Å². The van der Waals surface area contributed by atoms with Crippen molar-refractivity contribution in [2.24, 2.45) is 5.16 Å². The number of nitrogens with one attached hydrogen (secondary N) is 1. The summed E-state index contributed by atoms with van der Waals surface area (Å²) in [5, 5.41) is 7.61. The van der Waals surface area contributed by atoms with E-state index in [1.165, 1.54) is 30.7 Å². The number of oxime groups is 1. The summed E-state index contributed by atoms with van der Waals surface area (Å²) in [5.41, 5.74) is 6.24. The number of hydrogen-bond acceptors (Lipinski definition) is 13. The van der Waals surface area contributed by atoms with Crippen LogP contribution in [0.3, 0.4) is 0 Å². The molecule has 0 radical (unpaired) electrons. The number of β-lactam (4-membered cyclic amide) rings is 1. The van der Waals surface area contributed by atoms with Crippen LogP contribution >= 0.6 is 23.1 Å². The van der Waals surface area contributed by atoms with Crippen molar-refractivity contribution in [2.45, 2.75) is 32.2 Å². The summed E-state index contributed by atoms with van der Waals surface area (Å²) >= 11 is 2.46. The molecule has 202 valence electrons. The summed E-state index contributed by atoms with van der Waals surface area (Å²) in [6, 6.07) is -0.927. The van der Waals surface area contributed by atoms with Crippen LogP contribution in [0.2, 0.25) is 0 Å². The lowest BCUT2D eigenvalue weighted by Gasteiger charge is -2.49. The minimum Gasteiger partial charge on any atom is -0.461 e. The molecule has 2 amide bonds. The molecule has 0 saturated carbocycles. The lowest BCUT2D eigenvalue weighted by molar-refractivity contribution is -0.153. The molecule has 1 saturated heterocycles. The first kappa shape index (κ1) is 28.4. The Kier molecular flexibility index (Phi) is 9.88. The first-order chi connectivity index (χ1) is 17.7. The van der Waals surface area contributed by atoms with E-state index in [4.69, 9.17) is 20.0 Å². The number of fused-ring (bicyclic) bond motifs is 1. The fraction of sp³-hybridized carbons (Fsp3) is 0.545. The first-order valence-corrected chi connectivity index (χ1v) is 13.5. The minimum atomic E-state index is -0.927. The molecule has 0 aliphatic carbocycles. The molecule has 1 fully saturated rings. The van der Waals surface area contributed by atoms with Gasteiger partial charge in [0.25, 0.3) is 11.8 Å². The van der Waals surface area contributed by atoms with Gasteiger partial charge in [0.05, 0.1) is 0 Å². The van der Waals surface area contributed by atoms with Crippen LogP contribution in [0.5, 0.6) is 0 Å². The summed E-state index contributed by atoms with van der Waals surface area (Å²) in [4.78, 5) is 62.7. The lowest BCUT2D eigenvalue weighted by Crippen LogP contribution is -2.71. The average Bonchev–Trinajstić information content (AvgIpc) is 3.31. The number of ether oxygens (including phenoxy) is 2. The molecule has 3 heterocycles. The molecular formula is C22H30N6O7S2. The number of thioether (sulfide) groups is 1. The highest BCUT2D eigenvalue weighted by atomic mass is 32.2. The van der Waals surface area contributed by atoms with Crippen LogP contribution in [0.25, 0.3) is 0 Å². The van der Waals surface area contributed by atoms with E-state index in [2.05, 4.69) is 20.4 Å². The van der Waals surface area contributed by atoms with E-state index < -0.39 is 35.2 Å². The Bertz CT molecular complexity index is 1100. The molecule has 0 spiro atoms. The number of hydrogen-bond donors (Lipinski definition) is 2. The molecule has 37 heavy (non-hydrogen) atoms. The van der Waals surface area contributed by atoms with Gasteiger partial charge in [-0.1, -0.05) is 19.0 Å². The monoisotopic (exact) mass is 554 g/mol. The van der Waals surface area contributed by atoms with E-state index in [0.29, 0.717) is 17.9 Å². The van der Waals surface area contributed by atoms with Gasteiger partial charge in [-0.05, 0) is 13.1 Å². The normalized spacial score (nSPS) is 19.3. The maximum atomic E-state index is 13.2. The topological polar surface area (TPSA) is 166 Å². The fourth-order valence-electron chi connectivity index (χ4n) is 3.75. The maximum Gasteiger partial charge on any atom is 0.355 e. The summed E-state index contributed by atoms with van der Waals surface area (Å²) in [7, 11) is 1.28. The number of likely N-dealkylation sites (N-methyl/N-ethyl adjacent to an activating group) is 1. The molecular weight excluding hydrogens is 524 g/mol. The van der Waals surface area contributed by atoms with Gasteiger partial charge in [0.2, 0.25) is 0 Å². The van der Waals surface area contributed by atoms with Gasteiger partial charge in [-0.3, -0.25) is 19.3 Å². The van der Waals surface area contributed by atoms with Crippen molar-refractivity contribution in [3.8, 4) is 0 Å². The van der Waals surface area contributed by atoms with Crippen molar-refractivity contribution in [2.75, 3.05) is 51.4 Å². The van der Waals surface area contributed by atoms with Crippen LogP contribution in [0.1, 0.15) is 26.5 Å². The zero-order valence-electron chi connectivity index (χ0n) is 21.0. The van der Waals surface area contributed by atoms with Gasteiger partial charge in [-0.25, -0.2) is 9.78 Å². The van der Waals surface area contributed by atoms with Crippen molar-refractivity contribution < 1.29 is 33.5 Å². The number of nitrogens with two attached hydrogens (primary N) is 1. The number of nitrogen functional groups attached to an aromatic ring is 1. The molecule has 3 N–H and O–H groups in total. The van der Waals surface area contributed by atoms with E-state index in [1.54, 1.807) is 5.38 Å². The number of rotatable bonds is 12. The second kappa shape index (κ2) is 12.9. The first-order valence-electron chi connectivity index (χ1n) is 11.5. The number of thiazole rings is 1. The van der Waals surface area contributed by atoms with Gasteiger partial charge < -0.3 is 30.3 Å². The van der Waals surface area contributed by atoms with E-state index in [1.807, 2.05) is 13.8 Å². The van der Waals surface area contributed by atoms with Crippen LogP contribution in [0.4, 0.5) is 5.13 Å². The molecule has 3 rings (SSSR count). The summed E-state index contributed by atoms with van der Waals surface area (Å²) in [6.45, 7) is 7.42. The summed E-state index contributed by atoms with van der Waals surface area (Å²) in [5.74, 6) is -2.07. The SMILES string of the molecule is CCN(CC)CCOC(=O)C1=C(COC(C)=O)CS[C@@H]2[C@H](NC(=O)/C(=N\OC)c3csc(N)n3)C(=O)N12. The predicted octanol–water partition coefficient (Wildman–Crippen LogP) is 0.178. The van der Waals surface area contributed by atoms with Crippen molar-refractivity contribution in [3.63, 3.8) is 0 Å². The number of anilines is 1. The molecule has 1 aromatic heterocycles. The number of carbonyl (C=O) groups excluding carboxylic acids is 4. The van der Waals surface area contributed by atoms with Crippen LogP contribution in [-0.4, -0.2) is 101 Å². The number of carbonyl (C=O) groups is 4. The van der Waals surface area contributed by atoms with Crippen molar-refractivity contribution in [3.05, 3.63) is 22.3 Å². The molecule has 15 heteroatoms. The Morgan fingerprint density at radius 2 is 2.03 bits per heavy atom. The van der Waals surface area contributed by atoms with E-state index in [9.17, 15) is 19.2 Å². The Labute approximate surface area is 222 Å². The second-order valence-corrected chi connectivity index (χ2v) is 9.94. The maximum absolute atomic E-state index is 13.2. The highest BCUT2D eigenvalue weighted by Gasteiger charge is 2.54. The van der Waals surface area contributed by atoms with Gasteiger partial charge in [0.15, 0.2) is 10.8 Å². The van der Waals surface area contributed by atoms with Crippen molar-refractivity contribution in [1.82, 2.24) is 20.1 Å². The molecule has 2 aliphatic heterocycles. The molecule has 1 aromatic rings. The molecule has 0 unspecified atom stereocenters. The quantitative estimate of drug-likeness (QED) is 0.157. The summed E-state index contributed by atoms with van der Waals surface area (Å²) in [6.07, 6.45) is 0. The zero-order chi connectivity index (χ0) is 27.1. The Morgan fingerprint density at radius 1 is 1.30 bits per heavy atom. The third-order valence-electron chi connectivity index (χ3n) is 5.67. The highest BCUT2D eigenvalue weighted by Crippen LogP contribution is 2.40. The Hall–Kier alpha value is -3.17. The van der Waals surface area contributed by atoms with Crippen molar-refractivity contribution >= 4 is 57.7 Å². The number of nitrogens with zero attached hydrogens (tertiary/aromatic N) is 4. The molecule has 2 aliphatic rings. The lowest BCUT2D eigenvalue weighted by atomic mass is 10.0. The third kappa shape index (κ3) is 6.59. The van der Waals surface area contributed by atoms with Gasteiger partial charge in [0.1, 0.15) is 43.1 Å². The minimum absolute atomic E-state index is 0.0399. The molecule has 0 aromatic carbocycles. The zero-order valence-corrected chi connectivity index (χ0v) is 22.6. The Morgan fingerprint density at radius 3 is 2.62 bits per heavy atom. The van der Waals surface area contributed by atoms with Crippen molar-refractivity contribution in [1.29, 1.82) is 0 Å². The smallest absolute Gasteiger partial charge is 0.355 e. The van der Waals surface area contributed by atoms with Gasteiger partial charge in [-0.2, -0.15) is 0 Å². The summed E-state index contributed by atoms with van der Waals surface area (Å²) < 4.78 is 10.6. The highest BCUT2D eigenvalue weighted by molar-refractivity contribution is 8.00. The van der Waals surface area contributed by atoms with E-state index in [0.717, 1.165) is 24.4 Å². The number of esters is 2. The number of aromatic nitrogens is 1. The van der Waals surface area contributed by atoms with E-state index >= 15 is 0 Å². The van der Waals surface area contributed by atoms with E-state index in [-0.39, 0.29) is 35.4 Å². The standard InChI is InChI=1S/C22H30N6O7S2/c1-5-27(6-2)7-8-34-21(32)17-13(9-35-12(3)29)10-36-20-16(19(31)28(17)20)25-18(30)15(26-33-4)14-11-37-22(23)24-14/h11,16,20H,5-10H2,1-4H3,(H2,23,24)(H,25,30)/b26-15-/t16-,20-/m1/s1. The van der Waals surface area contributed by atoms with Crippen LogP contribution in [0, 0.1) is 0 Å². The predicted molar refractivity (Wildman–Crippen MR) is 138 cm³/mol. The second-order valence-electron chi connectivity index (χ2n) is 7.95. The Balaban J connectivity index is 1.76. The molecule has 13 nitrogen and oxygen atoms in total. The molecule has 2 atom stereocenters.